The number of anilines is 1. The van der Waals surface area contributed by atoms with Crippen LogP contribution in [-0.2, 0) is 9.47 Å². The molecule has 0 aromatic carbocycles. The van der Waals surface area contributed by atoms with Gasteiger partial charge in [-0.1, -0.05) is 0 Å². The molecule has 0 saturated carbocycles. The zero-order valence-corrected chi connectivity index (χ0v) is 10.1. The summed E-state index contributed by atoms with van der Waals surface area (Å²) in [5, 5.41) is 13.8. The summed E-state index contributed by atoms with van der Waals surface area (Å²) >= 11 is 0. The van der Waals surface area contributed by atoms with Gasteiger partial charge in [-0.2, -0.15) is 0 Å². The molecule has 1 aromatic heterocycles. The predicted octanol–water partition coefficient (Wildman–Crippen LogP) is 1.13. The maximum atomic E-state index is 10.8. The van der Waals surface area contributed by atoms with Gasteiger partial charge >= 0.3 is 0 Å². The second kappa shape index (κ2) is 5.74. The first-order valence-corrected chi connectivity index (χ1v) is 5.71. The summed E-state index contributed by atoms with van der Waals surface area (Å²) in [5.74, 6) is 0.474. The third kappa shape index (κ3) is 3.14. The van der Waals surface area contributed by atoms with Crippen LogP contribution in [0.15, 0.2) is 12.3 Å². The number of nitrogens with zero attached hydrogens (tertiary/aromatic N) is 2. The maximum absolute atomic E-state index is 10.8. The average Bonchev–Trinajstić information content (AvgIpc) is 2.38. The molecule has 0 bridgehead atoms. The fraction of sp³-hybridized carbons (Fsp3) is 0.545. The van der Waals surface area contributed by atoms with E-state index in [2.05, 4.69) is 10.3 Å². The van der Waals surface area contributed by atoms with Gasteiger partial charge in [0.2, 0.25) is 0 Å². The third-order valence-corrected chi connectivity index (χ3v) is 2.67. The minimum Gasteiger partial charge on any atom is -0.376 e. The Balaban J connectivity index is 1.96. The fourth-order valence-electron chi connectivity index (χ4n) is 1.68. The Morgan fingerprint density at radius 3 is 3.11 bits per heavy atom. The molecule has 98 valence electrons. The molecular weight excluding hydrogens is 238 g/mol. The van der Waals surface area contributed by atoms with Crippen molar-refractivity contribution in [1.29, 1.82) is 0 Å². The predicted molar refractivity (Wildman–Crippen MR) is 64.7 cm³/mol. The molecule has 7 nitrogen and oxygen atoms in total. The minimum atomic E-state index is -0.414. The molecule has 0 spiro atoms. The van der Waals surface area contributed by atoms with Crippen molar-refractivity contribution in [3.8, 4) is 0 Å². The van der Waals surface area contributed by atoms with Crippen molar-refractivity contribution < 1.29 is 14.4 Å². The van der Waals surface area contributed by atoms with E-state index in [1.165, 1.54) is 12.3 Å². The van der Waals surface area contributed by atoms with Crippen LogP contribution < -0.4 is 5.32 Å². The van der Waals surface area contributed by atoms with Gasteiger partial charge in [-0.3, -0.25) is 10.1 Å². The van der Waals surface area contributed by atoms with E-state index >= 15 is 0 Å². The number of hydrogen-bond acceptors (Lipinski definition) is 6. The van der Waals surface area contributed by atoms with Crippen molar-refractivity contribution in [2.75, 3.05) is 31.7 Å². The van der Waals surface area contributed by atoms with Crippen molar-refractivity contribution >= 4 is 11.5 Å². The maximum Gasteiger partial charge on any atom is 0.277 e. The SMILES string of the molecule is Cc1cnc(NCC2COCCO2)cc1[N+](=O)[O-]. The number of aromatic nitrogens is 1. The van der Waals surface area contributed by atoms with Crippen LogP contribution in [0.1, 0.15) is 5.56 Å². The van der Waals surface area contributed by atoms with E-state index in [0.29, 0.717) is 37.7 Å². The Bertz CT molecular complexity index is 432. The molecule has 1 fully saturated rings. The van der Waals surface area contributed by atoms with E-state index in [4.69, 9.17) is 9.47 Å². The number of hydrogen-bond donors (Lipinski definition) is 1. The molecule has 1 saturated heterocycles. The van der Waals surface area contributed by atoms with Crippen LogP contribution in [0.2, 0.25) is 0 Å². The first-order valence-electron chi connectivity index (χ1n) is 5.71. The third-order valence-electron chi connectivity index (χ3n) is 2.67. The summed E-state index contributed by atoms with van der Waals surface area (Å²) in [6, 6.07) is 1.43. The van der Waals surface area contributed by atoms with Gasteiger partial charge in [-0.05, 0) is 6.92 Å². The van der Waals surface area contributed by atoms with Gasteiger partial charge in [0.15, 0.2) is 0 Å². The molecule has 1 aliphatic rings. The van der Waals surface area contributed by atoms with Crippen molar-refractivity contribution in [3.05, 3.63) is 27.9 Å². The fourth-order valence-corrected chi connectivity index (χ4v) is 1.68. The molecule has 1 aromatic rings. The molecule has 2 heterocycles. The second-order valence-corrected chi connectivity index (χ2v) is 4.06. The van der Waals surface area contributed by atoms with Crippen molar-refractivity contribution in [3.63, 3.8) is 0 Å². The number of rotatable bonds is 4. The van der Waals surface area contributed by atoms with E-state index in [-0.39, 0.29) is 11.8 Å². The summed E-state index contributed by atoms with van der Waals surface area (Å²) in [6.07, 6.45) is 1.44. The molecule has 18 heavy (non-hydrogen) atoms. The number of nitrogens with one attached hydrogen (secondary N) is 1. The van der Waals surface area contributed by atoms with Crippen LogP contribution in [0.3, 0.4) is 0 Å². The Morgan fingerprint density at radius 2 is 2.44 bits per heavy atom. The Morgan fingerprint density at radius 1 is 1.61 bits per heavy atom. The van der Waals surface area contributed by atoms with Gasteiger partial charge < -0.3 is 14.8 Å². The van der Waals surface area contributed by atoms with Crippen LogP contribution in [-0.4, -0.2) is 42.4 Å². The zero-order chi connectivity index (χ0) is 13.0. The molecule has 2 rings (SSSR count). The number of pyridine rings is 1. The molecule has 7 heteroatoms. The normalized spacial score (nSPS) is 19.5. The lowest BCUT2D eigenvalue weighted by Gasteiger charge is -2.23. The lowest BCUT2D eigenvalue weighted by atomic mass is 10.2. The van der Waals surface area contributed by atoms with Crippen LogP contribution in [0.25, 0.3) is 0 Å². The highest BCUT2D eigenvalue weighted by Gasteiger charge is 2.16. The molecule has 1 N–H and O–H groups in total. The molecule has 0 aliphatic carbocycles. The molecule has 0 amide bonds. The van der Waals surface area contributed by atoms with E-state index in [9.17, 15) is 10.1 Å². The van der Waals surface area contributed by atoms with Gasteiger partial charge in [0, 0.05) is 18.3 Å². The molecule has 0 radical (unpaired) electrons. The second-order valence-electron chi connectivity index (χ2n) is 4.06. The molecule has 1 unspecified atom stereocenters. The van der Waals surface area contributed by atoms with Crippen LogP contribution in [0, 0.1) is 17.0 Å². The topological polar surface area (TPSA) is 86.5 Å². The monoisotopic (exact) mass is 253 g/mol. The van der Waals surface area contributed by atoms with E-state index in [0.717, 1.165) is 0 Å². The highest BCUT2D eigenvalue weighted by atomic mass is 16.6. The highest BCUT2D eigenvalue weighted by molar-refractivity contribution is 5.48. The van der Waals surface area contributed by atoms with Crippen LogP contribution in [0.4, 0.5) is 11.5 Å². The van der Waals surface area contributed by atoms with Crippen molar-refractivity contribution in [2.45, 2.75) is 13.0 Å². The Kier molecular flexibility index (Phi) is 4.06. The first-order chi connectivity index (χ1) is 8.66. The molecule has 1 aliphatic heterocycles. The lowest BCUT2D eigenvalue weighted by molar-refractivity contribution is -0.385. The quantitative estimate of drug-likeness (QED) is 0.639. The van der Waals surface area contributed by atoms with Crippen LogP contribution >= 0.6 is 0 Å². The van der Waals surface area contributed by atoms with Crippen molar-refractivity contribution in [1.82, 2.24) is 4.98 Å². The summed E-state index contributed by atoms with van der Waals surface area (Å²) < 4.78 is 10.7. The summed E-state index contributed by atoms with van der Waals surface area (Å²) in [6.45, 7) is 3.90. The molecule has 1 atom stereocenters. The van der Waals surface area contributed by atoms with Gasteiger partial charge in [0.05, 0.1) is 36.9 Å². The van der Waals surface area contributed by atoms with E-state index in [1.807, 2.05) is 0 Å². The van der Waals surface area contributed by atoms with E-state index in [1.54, 1.807) is 6.92 Å². The number of aryl methyl sites for hydroxylation is 1. The Labute approximate surface area is 104 Å². The van der Waals surface area contributed by atoms with Gasteiger partial charge in [-0.15, -0.1) is 0 Å². The first kappa shape index (κ1) is 12.7. The summed E-state index contributed by atoms with van der Waals surface area (Å²) in [7, 11) is 0. The highest BCUT2D eigenvalue weighted by Crippen LogP contribution is 2.19. The van der Waals surface area contributed by atoms with Gasteiger partial charge in [0.1, 0.15) is 5.82 Å². The average molecular weight is 253 g/mol. The van der Waals surface area contributed by atoms with Gasteiger partial charge in [-0.25, -0.2) is 4.98 Å². The van der Waals surface area contributed by atoms with Crippen LogP contribution in [0.5, 0.6) is 0 Å². The van der Waals surface area contributed by atoms with Gasteiger partial charge in [0.25, 0.3) is 5.69 Å². The smallest absolute Gasteiger partial charge is 0.277 e. The number of nitro groups is 1. The Hall–Kier alpha value is -1.73. The zero-order valence-electron chi connectivity index (χ0n) is 10.1. The van der Waals surface area contributed by atoms with Crippen molar-refractivity contribution in [2.24, 2.45) is 0 Å². The number of ether oxygens (including phenoxy) is 2. The lowest BCUT2D eigenvalue weighted by Crippen LogP contribution is -2.34. The largest absolute Gasteiger partial charge is 0.376 e. The van der Waals surface area contributed by atoms with E-state index < -0.39 is 4.92 Å². The molecular formula is C11H15N3O4. The summed E-state index contributed by atoms with van der Waals surface area (Å²) in [4.78, 5) is 14.5. The standard InChI is InChI=1S/C11H15N3O4/c1-8-5-12-11(4-10(8)14(15)16)13-6-9-7-17-2-3-18-9/h4-5,9H,2-3,6-7H2,1H3,(H,12,13). The summed E-state index contributed by atoms with van der Waals surface area (Å²) in [5.41, 5.74) is 0.608. The minimum absolute atomic E-state index is 0.0408.